The fourth-order valence-electron chi connectivity index (χ4n) is 1.13. The van der Waals surface area contributed by atoms with Crippen LogP contribution in [-0.2, 0) is 4.79 Å². The second kappa shape index (κ2) is 7.70. The maximum absolute atomic E-state index is 11.3. The molecule has 16 heavy (non-hydrogen) atoms. The molecular formula is C10H21IN4O. The van der Waals surface area contributed by atoms with Gasteiger partial charge in [-0.2, -0.15) is 0 Å². The van der Waals surface area contributed by atoms with Crippen LogP contribution in [0, 0.1) is 0 Å². The van der Waals surface area contributed by atoms with Crippen LogP contribution in [0.15, 0.2) is 4.99 Å². The Kier molecular flexibility index (Phi) is 7.44. The number of hydrogen-bond donors (Lipinski definition) is 2. The zero-order valence-corrected chi connectivity index (χ0v) is 12.4. The largest absolute Gasteiger partial charge is 0.356 e. The molecule has 0 radical (unpaired) electrons. The van der Waals surface area contributed by atoms with E-state index in [1.54, 1.807) is 26.0 Å². The highest BCUT2D eigenvalue weighted by molar-refractivity contribution is 14.0. The number of halogens is 1. The van der Waals surface area contributed by atoms with Crippen LogP contribution in [0.3, 0.4) is 0 Å². The molecule has 1 rings (SSSR count). The molecular weight excluding hydrogens is 319 g/mol. The molecule has 1 saturated carbocycles. The molecule has 0 aromatic heterocycles. The van der Waals surface area contributed by atoms with Crippen LogP contribution in [-0.4, -0.2) is 50.5 Å². The van der Waals surface area contributed by atoms with Crippen LogP contribution < -0.4 is 10.6 Å². The summed E-state index contributed by atoms with van der Waals surface area (Å²) in [6, 6.07) is 0.584. The van der Waals surface area contributed by atoms with Crippen molar-refractivity contribution in [2.75, 3.05) is 27.7 Å². The second-order valence-corrected chi connectivity index (χ2v) is 3.96. The fourth-order valence-corrected chi connectivity index (χ4v) is 1.13. The minimum atomic E-state index is 0. The molecule has 0 unspecified atom stereocenters. The van der Waals surface area contributed by atoms with Crippen LogP contribution in [0.25, 0.3) is 0 Å². The molecule has 94 valence electrons. The Hall–Kier alpha value is -0.530. The molecule has 0 aromatic rings. The lowest BCUT2D eigenvalue weighted by Crippen LogP contribution is -2.40. The SMILES string of the molecule is CN=C(NCCC(=O)N(C)C)NC1CC1.I. The first-order valence-electron chi connectivity index (χ1n) is 5.31. The van der Waals surface area contributed by atoms with Crippen LogP contribution in [0.5, 0.6) is 0 Å². The lowest BCUT2D eigenvalue weighted by molar-refractivity contribution is -0.128. The maximum Gasteiger partial charge on any atom is 0.223 e. The number of carbonyl (C=O) groups excluding carboxylic acids is 1. The molecule has 0 aliphatic heterocycles. The van der Waals surface area contributed by atoms with Crippen LogP contribution in [0.4, 0.5) is 0 Å². The van der Waals surface area contributed by atoms with Gasteiger partial charge in [0.1, 0.15) is 0 Å². The second-order valence-electron chi connectivity index (χ2n) is 3.96. The van der Waals surface area contributed by atoms with Gasteiger partial charge in [-0.05, 0) is 12.8 Å². The van der Waals surface area contributed by atoms with E-state index in [2.05, 4.69) is 15.6 Å². The van der Waals surface area contributed by atoms with Crippen molar-refractivity contribution in [2.24, 2.45) is 4.99 Å². The molecule has 0 bridgehead atoms. The van der Waals surface area contributed by atoms with Gasteiger partial charge in [-0.1, -0.05) is 0 Å². The monoisotopic (exact) mass is 340 g/mol. The first-order valence-corrected chi connectivity index (χ1v) is 5.31. The summed E-state index contributed by atoms with van der Waals surface area (Å²) in [5, 5.41) is 6.38. The maximum atomic E-state index is 11.3. The van der Waals surface area contributed by atoms with Gasteiger partial charge in [-0.25, -0.2) is 0 Å². The molecule has 0 atom stereocenters. The first-order chi connectivity index (χ1) is 7.13. The Labute approximate surface area is 114 Å². The van der Waals surface area contributed by atoms with Crippen LogP contribution >= 0.6 is 24.0 Å². The smallest absolute Gasteiger partial charge is 0.223 e. The van der Waals surface area contributed by atoms with Gasteiger partial charge >= 0.3 is 0 Å². The zero-order chi connectivity index (χ0) is 11.3. The number of nitrogens with zero attached hydrogens (tertiary/aromatic N) is 2. The lowest BCUT2D eigenvalue weighted by atomic mass is 10.4. The van der Waals surface area contributed by atoms with Crippen molar-refractivity contribution in [1.29, 1.82) is 0 Å². The summed E-state index contributed by atoms with van der Waals surface area (Å²) < 4.78 is 0. The predicted octanol–water partition coefficient (Wildman–Crippen LogP) is 0.410. The minimum absolute atomic E-state index is 0. The van der Waals surface area contributed by atoms with E-state index in [4.69, 9.17) is 0 Å². The third-order valence-electron chi connectivity index (χ3n) is 2.27. The van der Waals surface area contributed by atoms with Crippen molar-refractivity contribution in [1.82, 2.24) is 15.5 Å². The van der Waals surface area contributed by atoms with E-state index in [-0.39, 0.29) is 29.9 Å². The molecule has 0 saturated heterocycles. The highest BCUT2D eigenvalue weighted by Gasteiger charge is 2.21. The van der Waals surface area contributed by atoms with E-state index in [9.17, 15) is 4.79 Å². The first kappa shape index (κ1) is 15.5. The molecule has 0 aromatic carbocycles. The number of amides is 1. The standard InChI is InChI=1S/C10H20N4O.HI/c1-11-10(13-8-4-5-8)12-7-6-9(15)14(2)3;/h8H,4-7H2,1-3H3,(H2,11,12,13);1H. The molecule has 2 N–H and O–H groups in total. The summed E-state index contributed by atoms with van der Waals surface area (Å²) >= 11 is 0. The summed E-state index contributed by atoms with van der Waals surface area (Å²) in [6.45, 7) is 0.628. The highest BCUT2D eigenvalue weighted by Crippen LogP contribution is 2.18. The number of aliphatic imine (C=N–C) groups is 1. The number of nitrogens with one attached hydrogen (secondary N) is 2. The van der Waals surface area contributed by atoms with Crippen LogP contribution in [0.2, 0.25) is 0 Å². The molecule has 1 aliphatic carbocycles. The van der Waals surface area contributed by atoms with Gasteiger partial charge < -0.3 is 15.5 Å². The quantitative estimate of drug-likeness (QED) is 0.443. The van der Waals surface area contributed by atoms with E-state index in [0.717, 1.165) is 5.96 Å². The number of rotatable bonds is 4. The minimum Gasteiger partial charge on any atom is -0.356 e. The van der Waals surface area contributed by atoms with Crippen molar-refractivity contribution in [3.05, 3.63) is 0 Å². The fraction of sp³-hybridized carbons (Fsp3) is 0.800. The third kappa shape index (κ3) is 6.14. The van der Waals surface area contributed by atoms with Gasteiger partial charge in [-0.3, -0.25) is 9.79 Å². The van der Waals surface area contributed by atoms with Crippen molar-refractivity contribution in [3.8, 4) is 0 Å². The van der Waals surface area contributed by atoms with E-state index in [1.165, 1.54) is 12.8 Å². The number of carbonyl (C=O) groups is 1. The molecule has 5 nitrogen and oxygen atoms in total. The van der Waals surface area contributed by atoms with Crippen molar-refractivity contribution in [2.45, 2.75) is 25.3 Å². The van der Waals surface area contributed by atoms with Crippen molar-refractivity contribution >= 4 is 35.8 Å². The molecule has 1 amide bonds. The van der Waals surface area contributed by atoms with Gasteiger partial charge in [0.05, 0.1) is 0 Å². The Balaban J connectivity index is 0.00000225. The molecule has 6 heteroatoms. The molecule has 1 fully saturated rings. The average Bonchev–Trinajstić information content (AvgIpc) is 2.99. The summed E-state index contributed by atoms with van der Waals surface area (Å²) in [7, 11) is 5.27. The van der Waals surface area contributed by atoms with Crippen molar-refractivity contribution in [3.63, 3.8) is 0 Å². The summed E-state index contributed by atoms with van der Waals surface area (Å²) in [5.41, 5.74) is 0. The normalized spacial score (nSPS) is 15.1. The van der Waals surface area contributed by atoms with Gasteiger partial charge in [0, 0.05) is 40.2 Å². The lowest BCUT2D eigenvalue weighted by Gasteiger charge is -2.13. The summed E-state index contributed by atoms with van der Waals surface area (Å²) in [5.74, 6) is 0.924. The average molecular weight is 340 g/mol. The predicted molar refractivity (Wildman–Crippen MR) is 76.2 cm³/mol. The van der Waals surface area contributed by atoms with Gasteiger partial charge in [0.15, 0.2) is 5.96 Å². The Morgan fingerprint density at radius 2 is 2.06 bits per heavy atom. The molecule has 1 aliphatic rings. The van der Waals surface area contributed by atoms with E-state index in [0.29, 0.717) is 19.0 Å². The molecule has 0 spiro atoms. The topological polar surface area (TPSA) is 56.7 Å². The van der Waals surface area contributed by atoms with Gasteiger partial charge in [0.25, 0.3) is 0 Å². The zero-order valence-electron chi connectivity index (χ0n) is 10.1. The summed E-state index contributed by atoms with van der Waals surface area (Å²) in [4.78, 5) is 16.9. The van der Waals surface area contributed by atoms with Crippen molar-refractivity contribution < 1.29 is 4.79 Å². The number of hydrogen-bond acceptors (Lipinski definition) is 2. The van der Waals surface area contributed by atoms with E-state index < -0.39 is 0 Å². The highest BCUT2D eigenvalue weighted by atomic mass is 127. The van der Waals surface area contributed by atoms with E-state index >= 15 is 0 Å². The van der Waals surface area contributed by atoms with E-state index in [1.807, 2.05) is 0 Å². The number of guanidine groups is 1. The Morgan fingerprint density at radius 1 is 1.44 bits per heavy atom. The van der Waals surface area contributed by atoms with Gasteiger partial charge in [0.2, 0.25) is 5.91 Å². The van der Waals surface area contributed by atoms with Gasteiger partial charge in [-0.15, -0.1) is 24.0 Å². The Bertz CT molecular complexity index is 251. The molecule has 0 heterocycles. The third-order valence-corrected chi connectivity index (χ3v) is 2.27. The van der Waals surface area contributed by atoms with Crippen LogP contribution in [0.1, 0.15) is 19.3 Å². The summed E-state index contributed by atoms with van der Waals surface area (Å²) in [6.07, 6.45) is 2.94. The Morgan fingerprint density at radius 3 is 2.50 bits per heavy atom.